The summed E-state index contributed by atoms with van der Waals surface area (Å²) in [7, 11) is 0. The molecule has 0 saturated carbocycles. The van der Waals surface area contributed by atoms with Crippen molar-refractivity contribution in [3.8, 4) is 5.75 Å². The molecule has 0 fully saturated rings. The number of phenolic OH excluding ortho intramolecular Hbond substituents is 1. The Morgan fingerprint density at radius 3 is 2.41 bits per heavy atom. The number of para-hydroxylation sites is 1. The molecule has 0 amide bonds. The van der Waals surface area contributed by atoms with Gasteiger partial charge in [-0.25, -0.2) is 4.79 Å². The number of rotatable bonds is 5. The van der Waals surface area contributed by atoms with Crippen molar-refractivity contribution in [2.75, 3.05) is 0 Å². The predicted octanol–water partition coefficient (Wildman–Crippen LogP) is 3.64. The first kappa shape index (κ1) is 16.0. The first-order valence-electron chi connectivity index (χ1n) is 6.48. The van der Waals surface area contributed by atoms with Crippen LogP contribution >= 0.6 is 15.9 Å². The number of esters is 1. The lowest BCUT2D eigenvalue weighted by Gasteiger charge is -2.02. The van der Waals surface area contributed by atoms with Gasteiger partial charge in [0.2, 0.25) is 0 Å². The highest BCUT2D eigenvalue weighted by atomic mass is 79.9. The summed E-state index contributed by atoms with van der Waals surface area (Å²) >= 11 is 3.32. The molecule has 0 aliphatic heterocycles. The Morgan fingerprint density at radius 2 is 1.73 bits per heavy atom. The monoisotopic (exact) mass is 360 g/mol. The number of ether oxygens (including phenoxy) is 1. The summed E-state index contributed by atoms with van der Waals surface area (Å²) in [4.78, 5) is 23.4. The van der Waals surface area contributed by atoms with Gasteiger partial charge in [-0.3, -0.25) is 4.79 Å². The van der Waals surface area contributed by atoms with E-state index in [1.165, 1.54) is 12.1 Å². The molecule has 1 N–H and O–H groups in total. The van der Waals surface area contributed by atoms with Gasteiger partial charge in [0.15, 0.2) is 5.78 Å². The molecular formula is C17H13BrO4. The largest absolute Gasteiger partial charge is 0.507 e. The number of benzene rings is 2. The highest BCUT2D eigenvalue weighted by molar-refractivity contribution is 9.10. The van der Waals surface area contributed by atoms with Crippen molar-refractivity contribution in [3.05, 3.63) is 76.3 Å². The highest BCUT2D eigenvalue weighted by Crippen LogP contribution is 2.16. The SMILES string of the molecule is O=C(C=CC(=O)c1ccccc1O)OCc1ccc(Br)cc1. The molecular weight excluding hydrogens is 348 g/mol. The molecule has 2 rings (SSSR count). The lowest BCUT2D eigenvalue weighted by molar-refractivity contribution is -0.139. The minimum atomic E-state index is -0.619. The summed E-state index contributed by atoms with van der Waals surface area (Å²) in [6.45, 7) is 0.126. The third-order valence-electron chi connectivity index (χ3n) is 2.83. The fourth-order valence-electron chi connectivity index (χ4n) is 1.70. The third kappa shape index (κ3) is 4.56. The molecule has 5 heteroatoms. The second kappa shape index (κ2) is 7.56. The Morgan fingerprint density at radius 1 is 1.05 bits per heavy atom. The minimum Gasteiger partial charge on any atom is -0.507 e. The Labute approximate surface area is 136 Å². The Kier molecular flexibility index (Phi) is 5.49. The van der Waals surface area contributed by atoms with Crippen molar-refractivity contribution >= 4 is 27.7 Å². The zero-order valence-corrected chi connectivity index (χ0v) is 13.1. The molecule has 2 aromatic carbocycles. The average molecular weight is 361 g/mol. The van der Waals surface area contributed by atoms with E-state index in [1.807, 2.05) is 24.3 Å². The maximum Gasteiger partial charge on any atom is 0.331 e. The van der Waals surface area contributed by atoms with Gasteiger partial charge in [-0.1, -0.05) is 40.2 Å². The number of carbonyl (C=O) groups is 2. The Hall–Kier alpha value is -2.40. The van der Waals surface area contributed by atoms with Crippen LogP contribution < -0.4 is 0 Å². The highest BCUT2D eigenvalue weighted by Gasteiger charge is 2.07. The van der Waals surface area contributed by atoms with Gasteiger partial charge in [0.05, 0.1) is 5.56 Å². The van der Waals surface area contributed by atoms with E-state index in [-0.39, 0.29) is 17.9 Å². The number of allylic oxidation sites excluding steroid dienone is 1. The molecule has 0 aliphatic rings. The standard InChI is InChI=1S/C17H13BrO4/c18-13-7-5-12(6-8-13)11-22-17(21)10-9-16(20)14-3-1-2-4-15(14)19/h1-10,19H,11H2. The Bertz CT molecular complexity index is 705. The van der Waals surface area contributed by atoms with Crippen LogP contribution in [0.15, 0.2) is 65.2 Å². The van der Waals surface area contributed by atoms with Crippen LogP contribution in [0, 0.1) is 0 Å². The lowest BCUT2D eigenvalue weighted by Crippen LogP contribution is -2.02. The van der Waals surface area contributed by atoms with Crippen LogP contribution in [0.1, 0.15) is 15.9 Å². The normalized spacial score (nSPS) is 10.6. The van der Waals surface area contributed by atoms with E-state index in [4.69, 9.17) is 4.74 Å². The fourth-order valence-corrected chi connectivity index (χ4v) is 1.96. The van der Waals surface area contributed by atoms with Crippen LogP contribution in [0.4, 0.5) is 0 Å². The molecule has 0 aliphatic carbocycles. The van der Waals surface area contributed by atoms with Crippen molar-refractivity contribution in [2.24, 2.45) is 0 Å². The van der Waals surface area contributed by atoms with E-state index in [1.54, 1.807) is 12.1 Å². The van der Waals surface area contributed by atoms with Crippen molar-refractivity contribution in [3.63, 3.8) is 0 Å². The first-order chi connectivity index (χ1) is 10.6. The summed E-state index contributed by atoms with van der Waals surface area (Å²) in [6.07, 6.45) is 2.13. The summed E-state index contributed by atoms with van der Waals surface area (Å²) in [5.41, 5.74) is 0.983. The molecule has 0 atom stereocenters. The number of phenols is 1. The van der Waals surface area contributed by atoms with E-state index < -0.39 is 11.8 Å². The van der Waals surface area contributed by atoms with Crippen LogP contribution in [0.2, 0.25) is 0 Å². The summed E-state index contributed by atoms with van der Waals surface area (Å²) in [6, 6.07) is 13.5. The second-order valence-corrected chi connectivity index (χ2v) is 5.36. The van der Waals surface area contributed by atoms with Crippen LogP contribution in [0.3, 0.4) is 0 Å². The van der Waals surface area contributed by atoms with Crippen LogP contribution in [-0.4, -0.2) is 16.9 Å². The molecule has 4 nitrogen and oxygen atoms in total. The number of hydrogen-bond acceptors (Lipinski definition) is 4. The second-order valence-electron chi connectivity index (χ2n) is 4.45. The Balaban J connectivity index is 1.90. The van der Waals surface area contributed by atoms with Crippen molar-refractivity contribution in [1.82, 2.24) is 0 Å². The molecule has 22 heavy (non-hydrogen) atoms. The zero-order chi connectivity index (χ0) is 15.9. The van der Waals surface area contributed by atoms with Gasteiger partial charge < -0.3 is 9.84 Å². The number of aromatic hydroxyl groups is 1. The third-order valence-corrected chi connectivity index (χ3v) is 3.36. The molecule has 0 saturated heterocycles. The van der Waals surface area contributed by atoms with Crippen LogP contribution in [0.25, 0.3) is 0 Å². The van der Waals surface area contributed by atoms with Gasteiger partial charge >= 0.3 is 5.97 Å². The zero-order valence-electron chi connectivity index (χ0n) is 11.5. The molecule has 0 spiro atoms. The molecule has 0 aromatic heterocycles. The lowest BCUT2D eigenvalue weighted by atomic mass is 10.1. The molecule has 0 bridgehead atoms. The molecule has 0 unspecified atom stereocenters. The number of hydrogen-bond donors (Lipinski definition) is 1. The molecule has 0 heterocycles. The van der Waals surface area contributed by atoms with Crippen LogP contribution in [-0.2, 0) is 16.1 Å². The first-order valence-corrected chi connectivity index (χ1v) is 7.27. The van der Waals surface area contributed by atoms with Gasteiger partial charge in [0.25, 0.3) is 0 Å². The molecule has 2 aromatic rings. The number of carbonyl (C=O) groups excluding carboxylic acids is 2. The maximum absolute atomic E-state index is 11.8. The van der Waals surface area contributed by atoms with Gasteiger partial charge in [-0.05, 0) is 35.9 Å². The smallest absolute Gasteiger partial charge is 0.331 e. The van der Waals surface area contributed by atoms with Gasteiger partial charge in [-0.15, -0.1) is 0 Å². The van der Waals surface area contributed by atoms with Gasteiger partial charge in [-0.2, -0.15) is 0 Å². The van der Waals surface area contributed by atoms with E-state index in [0.717, 1.165) is 22.2 Å². The molecule has 112 valence electrons. The summed E-state index contributed by atoms with van der Waals surface area (Å²) in [5, 5.41) is 9.55. The van der Waals surface area contributed by atoms with Crippen molar-refractivity contribution in [2.45, 2.75) is 6.61 Å². The van der Waals surface area contributed by atoms with E-state index in [2.05, 4.69) is 15.9 Å². The van der Waals surface area contributed by atoms with Crippen molar-refractivity contribution < 1.29 is 19.4 Å². The average Bonchev–Trinajstić information content (AvgIpc) is 2.52. The topological polar surface area (TPSA) is 63.6 Å². The van der Waals surface area contributed by atoms with E-state index >= 15 is 0 Å². The van der Waals surface area contributed by atoms with Gasteiger partial charge in [0.1, 0.15) is 12.4 Å². The minimum absolute atomic E-state index is 0.125. The molecule has 0 radical (unpaired) electrons. The van der Waals surface area contributed by atoms with Crippen LogP contribution in [0.5, 0.6) is 5.75 Å². The summed E-state index contributed by atoms with van der Waals surface area (Å²) in [5.74, 6) is -1.20. The van der Waals surface area contributed by atoms with E-state index in [9.17, 15) is 14.7 Å². The van der Waals surface area contributed by atoms with Gasteiger partial charge in [0, 0.05) is 10.5 Å². The van der Waals surface area contributed by atoms with Crippen molar-refractivity contribution in [1.29, 1.82) is 0 Å². The van der Waals surface area contributed by atoms with E-state index in [0.29, 0.717) is 0 Å². The quantitative estimate of drug-likeness (QED) is 0.502. The summed E-state index contributed by atoms with van der Waals surface area (Å²) < 4.78 is 5.97. The number of ketones is 1. The maximum atomic E-state index is 11.8. The fraction of sp³-hybridized carbons (Fsp3) is 0.0588. The predicted molar refractivity (Wildman–Crippen MR) is 85.5 cm³/mol. The number of halogens is 1.